The number of rotatable bonds is 16. The maximum Gasteiger partial charge on any atom is 0.264 e. The van der Waals surface area contributed by atoms with Gasteiger partial charge in [-0.15, -0.1) is 0 Å². The summed E-state index contributed by atoms with van der Waals surface area (Å²) in [7, 11) is -3.74. The zero-order chi connectivity index (χ0) is 37.5. The van der Waals surface area contributed by atoms with Gasteiger partial charge in [0.05, 0.1) is 25.0 Å². The van der Waals surface area contributed by atoms with E-state index >= 15 is 0 Å². The van der Waals surface area contributed by atoms with Gasteiger partial charge >= 0.3 is 0 Å². The first-order chi connectivity index (χ1) is 25.4. The van der Waals surface area contributed by atoms with Crippen molar-refractivity contribution in [1.82, 2.24) is 14.6 Å². The smallest absolute Gasteiger partial charge is 0.264 e. The van der Waals surface area contributed by atoms with Crippen LogP contribution in [-0.2, 0) is 31.0 Å². The maximum absolute atomic E-state index is 14.5. The highest BCUT2D eigenvalue weighted by molar-refractivity contribution is 7.88. The standard InChI is InChI=1S/C40H53ClN4O7S/c1-53(49,50)44-34(20-15-26-7-3-2-4-8-26)40(48)45-24-32(51-25-28-11-16-30(41)17-12-28)23-35(45)36(46)22-29(21-27-13-18-31(42)19-14-27)38(47)39-43-33-9-5-6-10-37(33)52-39/h5-6,9-12,16-17,26-27,29,31-32,34-35,44H,2-4,7-8,13-15,18-25,42H2,1H3/t27?,29-,31?,32-,34-,35+/m1/s1. The zero-order valence-corrected chi connectivity index (χ0v) is 32.2. The molecule has 11 nitrogen and oxygen atoms in total. The Morgan fingerprint density at radius 2 is 1.72 bits per heavy atom. The molecule has 2 aromatic carbocycles. The summed E-state index contributed by atoms with van der Waals surface area (Å²) >= 11 is 6.08. The number of nitrogens with zero attached hydrogens (tertiary/aromatic N) is 2. The molecule has 0 spiro atoms. The highest BCUT2D eigenvalue weighted by Crippen LogP contribution is 2.34. The van der Waals surface area contributed by atoms with Crippen molar-refractivity contribution in [2.45, 2.75) is 121 Å². The van der Waals surface area contributed by atoms with Gasteiger partial charge in [0.15, 0.2) is 11.4 Å². The molecule has 6 rings (SSSR count). The van der Waals surface area contributed by atoms with Gasteiger partial charge in [0.2, 0.25) is 21.7 Å². The second-order valence-electron chi connectivity index (χ2n) is 15.6. The van der Waals surface area contributed by atoms with Gasteiger partial charge in [0, 0.05) is 36.4 Å². The van der Waals surface area contributed by atoms with Crippen LogP contribution in [0.25, 0.3) is 11.1 Å². The van der Waals surface area contributed by atoms with Crippen molar-refractivity contribution in [2.75, 3.05) is 12.8 Å². The van der Waals surface area contributed by atoms with Crippen LogP contribution < -0.4 is 10.5 Å². The van der Waals surface area contributed by atoms with E-state index in [0.29, 0.717) is 41.3 Å². The normalized spacial score (nSPS) is 23.9. The van der Waals surface area contributed by atoms with Gasteiger partial charge in [-0.05, 0) is 86.6 Å². The average molecular weight is 769 g/mol. The van der Waals surface area contributed by atoms with Crippen molar-refractivity contribution >= 4 is 50.2 Å². The highest BCUT2D eigenvalue weighted by atomic mass is 35.5. The number of likely N-dealkylation sites (tertiary alicyclic amines) is 1. The highest BCUT2D eigenvalue weighted by Gasteiger charge is 2.44. The number of oxazole rings is 1. The predicted octanol–water partition coefficient (Wildman–Crippen LogP) is 6.61. The summed E-state index contributed by atoms with van der Waals surface area (Å²) in [5.74, 6) is -1.13. The first kappa shape index (κ1) is 39.5. The quantitative estimate of drug-likeness (QED) is 0.153. The summed E-state index contributed by atoms with van der Waals surface area (Å²) in [5, 5.41) is 0.604. The van der Waals surface area contributed by atoms with Crippen LogP contribution in [-0.4, -0.2) is 72.8 Å². The summed E-state index contributed by atoms with van der Waals surface area (Å²) in [6.07, 6.45) is 11.3. The van der Waals surface area contributed by atoms with Gasteiger partial charge in [-0.25, -0.2) is 18.1 Å². The van der Waals surface area contributed by atoms with E-state index in [9.17, 15) is 22.8 Å². The van der Waals surface area contributed by atoms with E-state index in [1.54, 1.807) is 24.3 Å². The number of hydrogen-bond donors (Lipinski definition) is 2. The summed E-state index contributed by atoms with van der Waals surface area (Å²) < 4.78 is 39.9. The number of ether oxygens (including phenoxy) is 1. The second kappa shape index (κ2) is 18.0. The number of nitrogens with one attached hydrogen (secondary N) is 1. The topological polar surface area (TPSA) is 162 Å². The Bertz CT molecular complexity index is 1790. The third-order valence-corrected chi connectivity index (χ3v) is 12.4. The van der Waals surface area contributed by atoms with Crippen LogP contribution in [0.4, 0.5) is 0 Å². The maximum atomic E-state index is 14.5. The van der Waals surface area contributed by atoms with Gasteiger partial charge in [0.25, 0.3) is 5.89 Å². The van der Waals surface area contributed by atoms with Crippen molar-refractivity contribution in [1.29, 1.82) is 0 Å². The molecular formula is C40H53ClN4O7S. The Kier molecular flexibility index (Phi) is 13.4. The Morgan fingerprint density at radius 3 is 2.42 bits per heavy atom. The minimum Gasteiger partial charge on any atom is -0.434 e. The van der Waals surface area contributed by atoms with E-state index in [1.807, 2.05) is 24.3 Å². The number of carbonyl (C=O) groups is 3. The molecule has 3 fully saturated rings. The molecule has 288 valence electrons. The number of halogens is 1. The summed E-state index contributed by atoms with van der Waals surface area (Å²) in [6, 6.07) is 12.7. The first-order valence-electron chi connectivity index (χ1n) is 19.2. The fraction of sp³-hybridized carbons (Fsp3) is 0.600. The fourth-order valence-corrected chi connectivity index (χ4v) is 9.33. The van der Waals surface area contributed by atoms with E-state index in [1.165, 1.54) is 11.3 Å². The van der Waals surface area contributed by atoms with E-state index in [2.05, 4.69) is 9.71 Å². The number of amides is 1. The molecule has 53 heavy (non-hydrogen) atoms. The van der Waals surface area contributed by atoms with Crippen LogP contribution in [0.2, 0.25) is 5.02 Å². The third-order valence-electron chi connectivity index (χ3n) is 11.4. The molecule has 4 atom stereocenters. The number of hydrogen-bond acceptors (Lipinski definition) is 9. The van der Waals surface area contributed by atoms with Gasteiger partial charge in [-0.2, -0.15) is 0 Å². The van der Waals surface area contributed by atoms with E-state index < -0.39 is 40.0 Å². The van der Waals surface area contributed by atoms with Crippen LogP contribution in [0, 0.1) is 17.8 Å². The number of sulfonamides is 1. The largest absolute Gasteiger partial charge is 0.434 e. The lowest BCUT2D eigenvalue weighted by atomic mass is 9.78. The van der Waals surface area contributed by atoms with Gasteiger partial charge in [-0.3, -0.25) is 14.4 Å². The van der Waals surface area contributed by atoms with Crippen molar-refractivity contribution in [3.8, 4) is 0 Å². The lowest BCUT2D eigenvalue weighted by Crippen LogP contribution is -2.52. The average Bonchev–Trinajstić information content (AvgIpc) is 3.78. The molecule has 3 N–H and O–H groups in total. The minimum atomic E-state index is -3.74. The van der Waals surface area contributed by atoms with Crippen LogP contribution in [0.15, 0.2) is 52.9 Å². The summed E-state index contributed by atoms with van der Waals surface area (Å²) in [4.78, 5) is 49.1. The molecule has 0 bridgehead atoms. The molecule has 2 saturated carbocycles. The van der Waals surface area contributed by atoms with Crippen molar-refractivity contribution in [3.63, 3.8) is 0 Å². The molecule has 1 aromatic heterocycles. The fourth-order valence-electron chi connectivity index (χ4n) is 8.47. The SMILES string of the molecule is CS(=O)(=O)N[C@H](CCC1CCCCC1)C(=O)N1C[C@H](OCc2ccc(Cl)cc2)C[C@H]1C(=O)C[C@@H](CC1CCC(N)CC1)C(=O)c1nc2ccccc2o1. The number of Topliss-reactive ketones (excluding diaryl/α,β-unsaturated/α-hetero) is 2. The predicted molar refractivity (Wildman–Crippen MR) is 204 cm³/mol. The second-order valence-corrected chi connectivity index (χ2v) is 17.8. The van der Waals surface area contributed by atoms with E-state index in [4.69, 9.17) is 26.5 Å². The Hall–Kier alpha value is -3.16. The molecule has 2 heterocycles. The number of para-hydroxylation sites is 2. The summed E-state index contributed by atoms with van der Waals surface area (Å²) in [5.41, 5.74) is 8.14. The van der Waals surface area contributed by atoms with Gasteiger partial charge in [0.1, 0.15) is 11.6 Å². The molecule has 2 aliphatic carbocycles. The number of ketones is 2. The van der Waals surface area contributed by atoms with Crippen molar-refractivity contribution in [3.05, 3.63) is 65.0 Å². The molecule has 1 amide bonds. The van der Waals surface area contributed by atoms with Crippen LogP contribution in [0.1, 0.15) is 106 Å². The molecule has 13 heteroatoms. The van der Waals surface area contributed by atoms with Crippen LogP contribution >= 0.6 is 11.6 Å². The number of fused-ring (bicyclic) bond motifs is 1. The number of nitrogens with two attached hydrogens (primary N) is 1. The Labute approximate surface area is 317 Å². The molecule has 1 aliphatic heterocycles. The molecular weight excluding hydrogens is 716 g/mol. The van der Waals surface area contributed by atoms with Gasteiger partial charge < -0.3 is 19.8 Å². The monoisotopic (exact) mass is 768 g/mol. The molecule has 0 radical (unpaired) electrons. The van der Waals surface area contributed by atoms with Crippen molar-refractivity contribution in [2.24, 2.45) is 23.5 Å². The summed E-state index contributed by atoms with van der Waals surface area (Å²) in [6.45, 7) is 0.374. The molecule has 1 saturated heterocycles. The number of benzene rings is 2. The van der Waals surface area contributed by atoms with Crippen LogP contribution in [0.3, 0.4) is 0 Å². The Balaban J connectivity index is 1.24. The Morgan fingerprint density at radius 1 is 1.00 bits per heavy atom. The first-order valence-corrected chi connectivity index (χ1v) is 21.5. The zero-order valence-electron chi connectivity index (χ0n) is 30.6. The minimum absolute atomic E-state index is 0.0276. The molecule has 0 unspecified atom stereocenters. The third kappa shape index (κ3) is 11.0. The van der Waals surface area contributed by atoms with E-state index in [0.717, 1.165) is 63.2 Å². The van der Waals surface area contributed by atoms with E-state index in [-0.39, 0.29) is 55.4 Å². The lowest BCUT2D eigenvalue weighted by Gasteiger charge is -2.31. The number of aromatic nitrogens is 1. The molecule has 3 aliphatic rings. The van der Waals surface area contributed by atoms with Gasteiger partial charge in [-0.1, -0.05) is 68.0 Å². The molecule has 3 aromatic rings. The number of carbonyl (C=O) groups excluding carboxylic acids is 3. The van der Waals surface area contributed by atoms with Crippen LogP contribution in [0.5, 0.6) is 0 Å². The van der Waals surface area contributed by atoms with Crippen molar-refractivity contribution < 1.29 is 32.0 Å². The lowest BCUT2D eigenvalue weighted by molar-refractivity contribution is -0.139.